The molecule has 4 heteroatoms. The zero-order chi connectivity index (χ0) is 11.7. The van der Waals surface area contributed by atoms with Crippen molar-refractivity contribution in [1.82, 2.24) is 4.98 Å². The van der Waals surface area contributed by atoms with Crippen LogP contribution in [-0.4, -0.2) is 11.6 Å². The molecule has 2 fully saturated rings. The number of rotatable bonds is 2. The van der Waals surface area contributed by atoms with Gasteiger partial charge >= 0.3 is 0 Å². The second-order valence-electron chi connectivity index (χ2n) is 5.29. The molecule has 1 aliphatic carbocycles. The molecule has 1 aromatic heterocycles. The van der Waals surface area contributed by atoms with Gasteiger partial charge in [-0.15, -0.1) is 11.3 Å². The molecule has 0 radical (unpaired) electrons. The van der Waals surface area contributed by atoms with E-state index in [9.17, 15) is 0 Å². The highest BCUT2D eigenvalue weighted by molar-refractivity contribution is 7.09. The maximum absolute atomic E-state index is 6.50. The van der Waals surface area contributed by atoms with E-state index in [0.29, 0.717) is 0 Å². The monoisotopic (exact) mass is 252 g/mol. The van der Waals surface area contributed by atoms with E-state index in [0.717, 1.165) is 43.0 Å². The van der Waals surface area contributed by atoms with E-state index in [1.165, 1.54) is 19.3 Å². The molecule has 3 nitrogen and oxygen atoms in total. The summed E-state index contributed by atoms with van der Waals surface area (Å²) in [6.07, 6.45) is 8.48. The fourth-order valence-corrected chi connectivity index (χ4v) is 3.88. The van der Waals surface area contributed by atoms with Crippen LogP contribution in [0.2, 0.25) is 0 Å². The molecule has 1 saturated heterocycles. The number of hydrogen-bond donors (Lipinski definition) is 1. The summed E-state index contributed by atoms with van der Waals surface area (Å²) >= 11 is 1.72. The summed E-state index contributed by atoms with van der Waals surface area (Å²) in [5, 5.41) is 3.29. The van der Waals surface area contributed by atoms with Gasteiger partial charge in [-0.05, 0) is 25.7 Å². The lowest BCUT2D eigenvalue weighted by Crippen LogP contribution is -2.39. The molecule has 94 valence electrons. The smallest absolute Gasteiger partial charge is 0.122 e. The van der Waals surface area contributed by atoms with Crippen molar-refractivity contribution in [3.8, 4) is 0 Å². The largest absolute Gasteiger partial charge is 0.371 e. The van der Waals surface area contributed by atoms with Crippen LogP contribution in [-0.2, 0) is 10.3 Å². The van der Waals surface area contributed by atoms with E-state index >= 15 is 0 Å². The Kier molecular flexibility index (Phi) is 3.19. The molecule has 2 N–H and O–H groups in total. The van der Waals surface area contributed by atoms with Gasteiger partial charge in [-0.3, -0.25) is 0 Å². The highest BCUT2D eigenvalue weighted by Gasteiger charge is 2.32. The average Bonchev–Trinajstić information content (AvgIpc) is 3.01. The number of ether oxygens (including phenoxy) is 1. The summed E-state index contributed by atoms with van der Waals surface area (Å²) in [6, 6.07) is 0. The normalized spacial score (nSPS) is 28.4. The summed E-state index contributed by atoms with van der Waals surface area (Å²) in [6.45, 7) is 0.882. The molecule has 2 aliphatic rings. The molecule has 1 aliphatic heterocycles. The maximum Gasteiger partial charge on any atom is 0.122 e. The number of nitrogens with zero attached hydrogens (tertiary/aromatic N) is 1. The van der Waals surface area contributed by atoms with Crippen LogP contribution < -0.4 is 5.73 Å². The van der Waals surface area contributed by atoms with E-state index in [1.54, 1.807) is 11.3 Å². The molecule has 0 amide bonds. The second-order valence-corrected chi connectivity index (χ2v) is 6.18. The maximum atomic E-state index is 6.50. The fourth-order valence-electron chi connectivity index (χ4n) is 2.88. The fraction of sp³-hybridized carbons (Fsp3) is 0.769. The quantitative estimate of drug-likeness (QED) is 0.879. The van der Waals surface area contributed by atoms with Gasteiger partial charge in [-0.2, -0.15) is 0 Å². The minimum Gasteiger partial charge on any atom is -0.371 e. The Bertz CT molecular complexity index is 379. The molecule has 2 heterocycles. The molecule has 1 unspecified atom stereocenters. The van der Waals surface area contributed by atoms with Crippen LogP contribution >= 0.6 is 11.3 Å². The number of hydrogen-bond acceptors (Lipinski definition) is 4. The van der Waals surface area contributed by atoms with Gasteiger partial charge in [0.05, 0.1) is 11.2 Å². The average molecular weight is 252 g/mol. The summed E-state index contributed by atoms with van der Waals surface area (Å²) < 4.78 is 5.68. The molecule has 0 bridgehead atoms. The lowest BCUT2D eigenvalue weighted by Gasteiger charge is -2.31. The molecular weight excluding hydrogens is 232 g/mol. The molecule has 3 rings (SSSR count). The Labute approximate surface area is 106 Å². The van der Waals surface area contributed by atoms with Crippen LogP contribution in [0.15, 0.2) is 5.38 Å². The van der Waals surface area contributed by atoms with Gasteiger partial charge in [0.2, 0.25) is 0 Å². The van der Waals surface area contributed by atoms with Gasteiger partial charge in [-0.1, -0.05) is 19.3 Å². The first kappa shape index (κ1) is 11.6. The molecular formula is C13H20N2OS. The first-order chi connectivity index (χ1) is 8.28. The Morgan fingerprint density at radius 1 is 1.29 bits per heavy atom. The molecule has 0 aromatic carbocycles. The minimum atomic E-state index is -0.161. The zero-order valence-electron chi connectivity index (χ0n) is 10.2. The van der Waals surface area contributed by atoms with E-state index in [4.69, 9.17) is 15.5 Å². The van der Waals surface area contributed by atoms with Crippen LogP contribution in [0.5, 0.6) is 0 Å². The number of aromatic nitrogens is 1. The van der Waals surface area contributed by atoms with Crippen molar-refractivity contribution in [1.29, 1.82) is 0 Å². The van der Waals surface area contributed by atoms with Crippen LogP contribution in [0, 0.1) is 0 Å². The Hall–Kier alpha value is -0.450. The Morgan fingerprint density at radius 3 is 2.82 bits per heavy atom. The minimum absolute atomic E-state index is 0.161. The van der Waals surface area contributed by atoms with E-state index in [-0.39, 0.29) is 11.6 Å². The lowest BCUT2D eigenvalue weighted by molar-refractivity contribution is 0.111. The molecule has 1 atom stereocenters. The highest BCUT2D eigenvalue weighted by atomic mass is 32.1. The predicted octanol–water partition coefficient (Wildman–Crippen LogP) is 3.11. The van der Waals surface area contributed by atoms with Crippen molar-refractivity contribution in [2.24, 2.45) is 5.73 Å². The van der Waals surface area contributed by atoms with E-state index in [1.807, 2.05) is 0 Å². The standard InChI is InChI=1S/C13H20N2OS/c14-13(6-2-1-3-7-13)11-9-17-12(15-11)10-5-4-8-16-10/h9-10H,1-8,14H2. The summed E-state index contributed by atoms with van der Waals surface area (Å²) in [5.74, 6) is 0. The number of thiazole rings is 1. The van der Waals surface area contributed by atoms with Gasteiger partial charge < -0.3 is 10.5 Å². The van der Waals surface area contributed by atoms with Crippen molar-refractivity contribution in [2.75, 3.05) is 6.61 Å². The first-order valence-corrected chi connectivity index (χ1v) is 7.52. The van der Waals surface area contributed by atoms with Crippen molar-refractivity contribution < 1.29 is 4.74 Å². The lowest BCUT2D eigenvalue weighted by atomic mass is 9.81. The van der Waals surface area contributed by atoms with Crippen molar-refractivity contribution in [3.05, 3.63) is 16.1 Å². The van der Waals surface area contributed by atoms with Gasteiger partial charge in [0.15, 0.2) is 0 Å². The third-order valence-electron chi connectivity index (χ3n) is 3.98. The predicted molar refractivity (Wildman–Crippen MR) is 69.0 cm³/mol. The Balaban J connectivity index is 1.78. The van der Waals surface area contributed by atoms with Crippen molar-refractivity contribution in [3.63, 3.8) is 0 Å². The second kappa shape index (κ2) is 4.67. The molecule has 1 saturated carbocycles. The molecule has 1 aromatic rings. The highest BCUT2D eigenvalue weighted by Crippen LogP contribution is 2.37. The first-order valence-electron chi connectivity index (χ1n) is 6.64. The molecule has 17 heavy (non-hydrogen) atoms. The van der Waals surface area contributed by atoms with E-state index in [2.05, 4.69) is 5.38 Å². The zero-order valence-corrected chi connectivity index (χ0v) is 11.0. The SMILES string of the molecule is NC1(c2csc(C3CCCO3)n2)CCCCC1. The molecule has 0 spiro atoms. The van der Waals surface area contributed by atoms with Crippen LogP contribution in [0.3, 0.4) is 0 Å². The third-order valence-corrected chi connectivity index (χ3v) is 4.92. The summed E-state index contributed by atoms with van der Waals surface area (Å²) in [7, 11) is 0. The Morgan fingerprint density at radius 2 is 2.12 bits per heavy atom. The third kappa shape index (κ3) is 2.26. The summed E-state index contributed by atoms with van der Waals surface area (Å²) in [5.41, 5.74) is 7.44. The topological polar surface area (TPSA) is 48.1 Å². The van der Waals surface area contributed by atoms with Gasteiger partial charge in [0.25, 0.3) is 0 Å². The van der Waals surface area contributed by atoms with Crippen LogP contribution in [0.1, 0.15) is 61.8 Å². The van der Waals surface area contributed by atoms with Gasteiger partial charge in [0, 0.05) is 12.0 Å². The van der Waals surface area contributed by atoms with Crippen LogP contribution in [0.4, 0.5) is 0 Å². The van der Waals surface area contributed by atoms with Gasteiger partial charge in [-0.25, -0.2) is 4.98 Å². The number of nitrogens with two attached hydrogens (primary N) is 1. The summed E-state index contributed by atoms with van der Waals surface area (Å²) in [4.78, 5) is 4.76. The van der Waals surface area contributed by atoms with E-state index < -0.39 is 0 Å². The van der Waals surface area contributed by atoms with Crippen LogP contribution in [0.25, 0.3) is 0 Å². The van der Waals surface area contributed by atoms with Gasteiger partial charge in [0.1, 0.15) is 11.1 Å². The van der Waals surface area contributed by atoms with Crippen molar-refractivity contribution >= 4 is 11.3 Å². The van der Waals surface area contributed by atoms with Crippen molar-refractivity contribution in [2.45, 2.75) is 56.6 Å².